The zero-order chi connectivity index (χ0) is 18.1. The Kier molecular flexibility index (Phi) is 5.01. The Morgan fingerprint density at radius 1 is 1.12 bits per heavy atom. The number of aryl methyl sites for hydroxylation is 2. The number of rotatable bonds is 2. The van der Waals surface area contributed by atoms with Gasteiger partial charge in [-0.2, -0.15) is 0 Å². The summed E-state index contributed by atoms with van der Waals surface area (Å²) in [4.78, 5) is 26.7. The Labute approximate surface area is 165 Å². The molecule has 0 atom stereocenters. The minimum Gasteiger partial charge on any atom is -0.298 e. The number of carbonyl (C=O) groups excluding carboxylic acids is 2. The van der Waals surface area contributed by atoms with Gasteiger partial charge in [0.1, 0.15) is 5.57 Å². The van der Waals surface area contributed by atoms with E-state index in [2.05, 4.69) is 27.9 Å². The third-order valence-corrected chi connectivity index (χ3v) is 5.17. The molecule has 0 bridgehead atoms. The number of nitrogens with zero attached hydrogens (tertiary/aromatic N) is 1. The normalized spacial score (nSPS) is 16.4. The topological polar surface area (TPSA) is 49.4 Å². The van der Waals surface area contributed by atoms with Gasteiger partial charge in [-0.05, 0) is 78.0 Å². The van der Waals surface area contributed by atoms with Crippen LogP contribution in [0.2, 0.25) is 0 Å². The van der Waals surface area contributed by atoms with Crippen LogP contribution in [0, 0.1) is 17.4 Å². The first-order valence-electron chi connectivity index (χ1n) is 7.61. The molecule has 0 saturated carbocycles. The molecular weight excluding hydrogens is 447 g/mol. The van der Waals surface area contributed by atoms with Crippen molar-refractivity contribution in [3.63, 3.8) is 0 Å². The van der Waals surface area contributed by atoms with Gasteiger partial charge in [-0.15, -0.1) is 0 Å². The van der Waals surface area contributed by atoms with E-state index in [-0.39, 0.29) is 10.7 Å². The van der Waals surface area contributed by atoms with Crippen LogP contribution in [0.25, 0.3) is 6.08 Å². The third-order valence-electron chi connectivity index (χ3n) is 3.90. The fourth-order valence-electron chi connectivity index (χ4n) is 2.68. The van der Waals surface area contributed by atoms with Crippen molar-refractivity contribution in [3.8, 4) is 0 Å². The number of anilines is 1. The van der Waals surface area contributed by atoms with E-state index in [0.717, 1.165) is 20.3 Å². The van der Waals surface area contributed by atoms with E-state index in [0.29, 0.717) is 5.69 Å². The third kappa shape index (κ3) is 3.50. The highest BCUT2D eigenvalue weighted by Crippen LogP contribution is 2.26. The van der Waals surface area contributed by atoms with Crippen LogP contribution in [0.15, 0.2) is 48.0 Å². The van der Waals surface area contributed by atoms with Gasteiger partial charge in [0.2, 0.25) is 0 Å². The van der Waals surface area contributed by atoms with Crippen LogP contribution >= 0.6 is 34.8 Å². The van der Waals surface area contributed by atoms with Crippen LogP contribution in [0.1, 0.15) is 16.7 Å². The van der Waals surface area contributed by atoms with Crippen LogP contribution < -0.4 is 10.2 Å². The Hall–Kier alpha value is -2.06. The molecule has 1 aliphatic heterocycles. The van der Waals surface area contributed by atoms with Crippen molar-refractivity contribution in [3.05, 3.63) is 68.3 Å². The van der Waals surface area contributed by atoms with Gasteiger partial charge in [-0.1, -0.05) is 35.9 Å². The number of hydrogen-bond donors (Lipinski definition) is 1. The summed E-state index contributed by atoms with van der Waals surface area (Å²) < 4.78 is 0.958. The predicted molar refractivity (Wildman–Crippen MR) is 111 cm³/mol. The molecule has 1 aliphatic rings. The summed E-state index contributed by atoms with van der Waals surface area (Å²) in [6.45, 7) is 3.90. The number of carbonyl (C=O) groups is 2. The Balaban J connectivity index is 2.07. The van der Waals surface area contributed by atoms with Gasteiger partial charge in [0, 0.05) is 3.57 Å². The van der Waals surface area contributed by atoms with Crippen LogP contribution in [-0.2, 0) is 9.59 Å². The Morgan fingerprint density at radius 3 is 2.52 bits per heavy atom. The smallest absolute Gasteiger partial charge is 0.270 e. The molecule has 2 aromatic rings. The standard InChI is InChI=1S/C19H15IN2O2S/c1-11-7-8-16(12(2)9-11)22-18(24)14(17(23)21-19(22)25)10-13-5-3-4-6-15(13)20/h3-10H,1-2H3,(H,21,23,25)/b14-10+. The molecule has 0 radical (unpaired) electrons. The molecule has 6 heteroatoms. The summed E-state index contributed by atoms with van der Waals surface area (Å²) in [5.74, 6) is -0.893. The lowest BCUT2D eigenvalue weighted by atomic mass is 10.0. The van der Waals surface area contributed by atoms with Crippen LogP contribution in [0.3, 0.4) is 0 Å². The minimum atomic E-state index is -0.476. The Morgan fingerprint density at radius 2 is 1.84 bits per heavy atom. The van der Waals surface area contributed by atoms with Gasteiger partial charge < -0.3 is 0 Å². The highest BCUT2D eigenvalue weighted by molar-refractivity contribution is 14.1. The van der Waals surface area contributed by atoms with E-state index in [1.807, 2.05) is 56.3 Å². The summed E-state index contributed by atoms with van der Waals surface area (Å²) in [6.07, 6.45) is 1.61. The molecule has 4 nitrogen and oxygen atoms in total. The maximum absolute atomic E-state index is 13.0. The van der Waals surface area contributed by atoms with Crippen LogP contribution in [-0.4, -0.2) is 16.9 Å². The second-order valence-corrected chi connectivity index (χ2v) is 7.32. The van der Waals surface area contributed by atoms with Crippen LogP contribution in [0.5, 0.6) is 0 Å². The number of thiocarbonyl (C=S) groups is 1. The van der Waals surface area contributed by atoms with E-state index < -0.39 is 11.8 Å². The largest absolute Gasteiger partial charge is 0.298 e. The average molecular weight is 462 g/mol. The van der Waals surface area contributed by atoms with Crippen molar-refractivity contribution in [2.75, 3.05) is 4.90 Å². The van der Waals surface area contributed by atoms with Gasteiger partial charge in [0.25, 0.3) is 11.8 Å². The quantitative estimate of drug-likeness (QED) is 0.320. The fourth-order valence-corrected chi connectivity index (χ4v) is 3.50. The SMILES string of the molecule is Cc1ccc(N2C(=O)/C(=C/c3ccccc3I)C(=O)NC2=S)c(C)c1. The van der Waals surface area contributed by atoms with E-state index in [1.165, 1.54) is 4.90 Å². The summed E-state index contributed by atoms with van der Waals surface area (Å²) >= 11 is 7.42. The van der Waals surface area contributed by atoms with Gasteiger partial charge in [0.05, 0.1) is 5.69 Å². The maximum Gasteiger partial charge on any atom is 0.270 e. The predicted octanol–water partition coefficient (Wildman–Crippen LogP) is 3.74. The molecule has 0 aromatic heterocycles. The molecule has 2 amide bonds. The highest BCUT2D eigenvalue weighted by atomic mass is 127. The number of halogens is 1. The number of hydrogen-bond acceptors (Lipinski definition) is 3. The first-order chi connectivity index (χ1) is 11.9. The van der Waals surface area contributed by atoms with Gasteiger partial charge in [0.15, 0.2) is 5.11 Å². The molecule has 2 aromatic carbocycles. The lowest BCUT2D eigenvalue weighted by Gasteiger charge is -2.30. The molecule has 0 unspecified atom stereocenters. The second kappa shape index (κ2) is 7.05. The number of nitrogens with one attached hydrogen (secondary N) is 1. The summed E-state index contributed by atoms with van der Waals surface area (Å²) in [5.41, 5.74) is 3.57. The molecule has 1 fully saturated rings. The summed E-state index contributed by atoms with van der Waals surface area (Å²) in [7, 11) is 0. The maximum atomic E-state index is 13.0. The summed E-state index contributed by atoms with van der Waals surface area (Å²) in [6, 6.07) is 13.3. The monoisotopic (exact) mass is 462 g/mol. The van der Waals surface area contributed by atoms with Crippen molar-refractivity contribution >= 4 is 63.5 Å². The molecule has 0 aliphatic carbocycles. The van der Waals surface area contributed by atoms with Crippen molar-refractivity contribution in [2.24, 2.45) is 0 Å². The van der Waals surface area contributed by atoms with E-state index in [9.17, 15) is 9.59 Å². The van der Waals surface area contributed by atoms with Gasteiger partial charge in [-0.25, -0.2) is 0 Å². The molecule has 1 N–H and O–H groups in total. The lowest BCUT2D eigenvalue weighted by molar-refractivity contribution is -0.122. The lowest BCUT2D eigenvalue weighted by Crippen LogP contribution is -2.54. The first kappa shape index (κ1) is 17.8. The van der Waals surface area contributed by atoms with Gasteiger partial charge in [-0.3, -0.25) is 19.8 Å². The molecule has 0 spiro atoms. The van der Waals surface area contributed by atoms with Crippen molar-refractivity contribution in [1.29, 1.82) is 0 Å². The molecular formula is C19H15IN2O2S. The fraction of sp³-hybridized carbons (Fsp3) is 0.105. The van der Waals surface area contributed by atoms with Gasteiger partial charge >= 0.3 is 0 Å². The highest BCUT2D eigenvalue weighted by Gasteiger charge is 2.35. The summed E-state index contributed by atoms with van der Waals surface area (Å²) in [5, 5.41) is 2.72. The zero-order valence-electron chi connectivity index (χ0n) is 13.7. The molecule has 1 heterocycles. The van der Waals surface area contributed by atoms with E-state index >= 15 is 0 Å². The number of amides is 2. The molecule has 3 rings (SSSR count). The minimum absolute atomic E-state index is 0.0673. The molecule has 126 valence electrons. The van der Waals surface area contributed by atoms with E-state index in [1.54, 1.807) is 6.08 Å². The van der Waals surface area contributed by atoms with E-state index in [4.69, 9.17) is 12.2 Å². The van der Waals surface area contributed by atoms with Crippen LogP contribution in [0.4, 0.5) is 5.69 Å². The first-order valence-corrected chi connectivity index (χ1v) is 9.10. The number of benzene rings is 2. The molecule has 25 heavy (non-hydrogen) atoms. The van der Waals surface area contributed by atoms with Crippen molar-refractivity contribution in [2.45, 2.75) is 13.8 Å². The van der Waals surface area contributed by atoms with Crippen molar-refractivity contribution < 1.29 is 9.59 Å². The zero-order valence-corrected chi connectivity index (χ0v) is 16.6. The second-order valence-electron chi connectivity index (χ2n) is 5.77. The van der Waals surface area contributed by atoms with Crippen molar-refractivity contribution in [1.82, 2.24) is 5.32 Å². The average Bonchev–Trinajstić information content (AvgIpc) is 2.55. The molecule has 1 saturated heterocycles. The Bertz CT molecular complexity index is 937.